The maximum absolute atomic E-state index is 14.3. The summed E-state index contributed by atoms with van der Waals surface area (Å²) in [5.74, 6) is -1.98. The van der Waals surface area contributed by atoms with Crippen LogP contribution in [0.15, 0.2) is 78.9 Å². The SMILES string of the molecule is CN(C(=O)/C=C/CC1(N)CCC1)[C@@H]1Cc2cc(ccc2-c2ccccc2)-c2cc(ccc2CN2CCC(C(=O)C(N)=O)CC2)C1=O. The minimum absolute atomic E-state index is 0.0985. The molecule has 1 aliphatic heterocycles. The second-order valence-corrected chi connectivity index (χ2v) is 13.2. The van der Waals surface area contributed by atoms with Gasteiger partial charge in [-0.2, -0.15) is 0 Å². The molecular weight excluding hydrogens is 576 g/mol. The minimum Gasteiger partial charge on any atom is -0.363 e. The third-order valence-corrected chi connectivity index (χ3v) is 10.2. The van der Waals surface area contributed by atoms with Crippen molar-refractivity contribution in [1.29, 1.82) is 0 Å². The molecule has 3 aromatic rings. The average molecular weight is 619 g/mol. The number of amides is 2. The van der Waals surface area contributed by atoms with Crippen molar-refractivity contribution in [2.75, 3.05) is 20.1 Å². The molecule has 0 radical (unpaired) electrons. The van der Waals surface area contributed by atoms with Crippen molar-refractivity contribution in [3.63, 3.8) is 0 Å². The Balaban J connectivity index is 1.32. The molecule has 6 rings (SSSR count). The maximum Gasteiger partial charge on any atom is 0.285 e. The lowest BCUT2D eigenvalue weighted by Crippen LogP contribution is -2.46. The van der Waals surface area contributed by atoms with Crippen LogP contribution < -0.4 is 11.5 Å². The van der Waals surface area contributed by atoms with Crippen molar-refractivity contribution < 1.29 is 19.2 Å². The Morgan fingerprint density at radius 1 is 0.935 bits per heavy atom. The van der Waals surface area contributed by atoms with Crippen LogP contribution in [0.2, 0.25) is 0 Å². The summed E-state index contributed by atoms with van der Waals surface area (Å²) in [6.45, 7) is 2.00. The minimum atomic E-state index is -0.861. The van der Waals surface area contributed by atoms with Crippen LogP contribution in [0.3, 0.4) is 0 Å². The van der Waals surface area contributed by atoms with Gasteiger partial charge >= 0.3 is 0 Å². The number of nitrogens with zero attached hydrogens (tertiary/aromatic N) is 2. The van der Waals surface area contributed by atoms with E-state index >= 15 is 0 Å². The molecule has 1 saturated carbocycles. The summed E-state index contributed by atoms with van der Waals surface area (Å²) in [5.41, 5.74) is 18.1. The predicted octanol–water partition coefficient (Wildman–Crippen LogP) is 4.68. The van der Waals surface area contributed by atoms with E-state index in [2.05, 4.69) is 35.2 Å². The standard InChI is InChI=1S/C38H42N4O4/c1-41(34(43)9-5-16-38(40)17-6-18-38)33-23-30-21-27(12-13-31(30)25-7-3-2-4-8-25)32-22-28(35(33)44)10-11-29(32)24-42-19-14-26(15-20-42)36(45)37(39)46/h2-5,7-13,21-22,26,33H,6,14-20,23-24,40H2,1H3,(H2,39,46)/b9-5+/t33-/m1/s1. The molecule has 8 heteroatoms. The summed E-state index contributed by atoms with van der Waals surface area (Å²) in [6, 6.07) is 21.7. The third kappa shape index (κ3) is 6.59. The van der Waals surface area contributed by atoms with Crippen molar-refractivity contribution in [2.45, 2.75) is 63.1 Å². The largest absolute Gasteiger partial charge is 0.363 e. The quantitative estimate of drug-likeness (QED) is 0.265. The zero-order chi connectivity index (χ0) is 32.4. The van der Waals surface area contributed by atoms with E-state index in [0.717, 1.165) is 52.6 Å². The number of hydrogen-bond donors (Lipinski definition) is 2. The Hall–Kier alpha value is -4.40. The highest BCUT2D eigenvalue weighted by Gasteiger charge is 2.33. The van der Waals surface area contributed by atoms with Crippen LogP contribution in [0.1, 0.15) is 60.0 Å². The van der Waals surface area contributed by atoms with Crippen molar-refractivity contribution in [3.05, 3.63) is 95.6 Å². The van der Waals surface area contributed by atoms with Gasteiger partial charge in [0.2, 0.25) is 11.7 Å². The summed E-state index contributed by atoms with van der Waals surface area (Å²) in [5, 5.41) is 0. The van der Waals surface area contributed by atoms with Gasteiger partial charge in [0.1, 0.15) is 0 Å². The topological polar surface area (TPSA) is 127 Å². The van der Waals surface area contributed by atoms with Crippen molar-refractivity contribution in [3.8, 4) is 22.3 Å². The Morgan fingerprint density at radius 3 is 2.33 bits per heavy atom. The van der Waals surface area contributed by atoms with Crippen LogP contribution in [-0.4, -0.2) is 64.9 Å². The fourth-order valence-electron chi connectivity index (χ4n) is 7.07. The highest BCUT2D eigenvalue weighted by Crippen LogP contribution is 2.36. The van der Waals surface area contributed by atoms with Gasteiger partial charge in [0.05, 0.1) is 6.04 Å². The fourth-order valence-corrected chi connectivity index (χ4v) is 7.07. The third-order valence-electron chi connectivity index (χ3n) is 10.2. The molecule has 3 aromatic carbocycles. The van der Waals surface area contributed by atoms with E-state index in [1.807, 2.05) is 42.5 Å². The fraction of sp³-hybridized carbons (Fsp3) is 0.368. The van der Waals surface area contributed by atoms with Gasteiger partial charge in [-0.3, -0.25) is 24.1 Å². The van der Waals surface area contributed by atoms with Gasteiger partial charge in [0.25, 0.3) is 5.91 Å². The van der Waals surface area contributed by atoms with Gasteiger partial charge in [0.15, 0.2) is 5.78 Å². The molecule has 1 heterocycles. The van der Waals surface area contributed by atoms with Crippen LogP contribution in [0.4, 0.5) is 0 Å². The van der Waals surface area contributed by atoms with Crippen LogP contribution in [0.5, 0.6) is 0 Å². The summed E-state index contributed by atoms with van der Waals surface area (Å²) >= 11 is 0. The van der Waals surface area contributed by atoms with Crippen LogP contribution in [0, 0.1) is 5.92 Å². The molecule has 1 saturated heterocycles. The van der Waals surface area contributed by atoms with Crippen LogP contribution in [0.25, 0.3) is 22.3 Å². The predicted molar refractivity (Wildman–Crippen MR) is 179 cm³/mol. The molecule has 2 aliphatic carbocycles. The van der Waals surface area contributed by atoms with E-state index in [1.165, 1.54) is 0 Å². The Labute approximate surface area is 270 Å². The van der Waals surface area contributed by atoms with Gasteiger partial charge in [-0.05, 0) is 97.1 Å². The van der Waals surface area contributed by atoms with E-state index in [-0.39, 0.29) is 23.1 Å². The van der Waals surface area contributed by atoms with Crippen molar-refractivity contribution in [2.24, 2.45) is 17.4 Å². The van der Waals surface area contributed by atoms with E-state index in [0.29, 0.717) is 50.9 Å². The smallest absolute Gasteiger partial charge is 0.285 e. The van der Waals surface area contributed by atoms with Crippen molar-refractivity contribution >= 4 is 23.4 Å². The normalized spacial score (nSPS) is 19.5. The second kappa shape index (κ2) is 13.1. The van der Waals surface area contributed by atoms with Gasteiger partial charge in [-0.25, -0.2) is 0 Å². The molecule has 8 nitrogen and oxygen atoms in total. The first-order valence-corrected chi connectivity index (χ1v) is 16.3. The summed E-state index contributed by atoms with van der Waals surface area (Å²) < 4.78 is 0. The van der Waals surface area contributed by atoms with Crippen molar-refractivity contribution in [1.82, 2.24) is 9.80 Å². The molecule has 4 N–H and O–H groups in total. The monoisotopic (exact) mass is 618 g/mol. The summed E-state index contributed by atoms with van der Waals surface area (Å²) in [7, 11) is 1.71. The lowest BCUT2D eigenvalue weighted by atomic mass is 9.75. The molecule has 4 bridgehead atoms. The molecule has 2 fully saturated rings. The molecule has 1 atom stereocenters. The van der Waals surface area contributed by atoms with E-state index in [9.17, 15) is 19.2 Å². The molecular formula is C38H42N4O4. The molecule has 238 valence electrons. The summed E-state index contributed by atoms with van der Waals surface area (Å²) in [6.07, 6.45) is 8.68. The maximum atomic E-state index is 14.3. The van der Waals surface area contributed by atoms with Gasteiger partial charge < -0.3 is 16.4 Å². The number of fused-ring (bicyclic) bond motifs is 5. The molecule has 0 unspecified atom stereocenters. The number of carbonyl (C=O) groups excluding carboxylic acids is 4. The average Bonchev–Trinajstić information content (AvgIpc) is 3.08. The number of benzene rings is 3. The highest BCUT2D eigenvalue weighted by atomic mass is 16.2. The number of rotatable bonds is 9. The first-order valence-electron chi connectivity index (χ1n) is 16.3. The van der Waals surface area contributed by atoms with E-state index in [4.69, 9.17) is 11.5 Å². The molecule has 2 amide bonds. The Kier molecular flexibility index (Phi) is 9.02. The number of primary amides is 1. The Morgan fingerprint density at radius 2 is 1.65 bits per heavy atom. The number of piperidine rings is 1. The van der Waals surface area contributed by atoms with E-state index < -0.39 is 17.7 Å². The van der Waals surface area contributed by atoms with Crippen LogP contribution >= 0.6 is 0 Å². The number of Topliss-reactive ketones (excluding diaryl/α,β-unsaturated/α-hetero) is 2. The zero-order valence-corrected chi connectivity index (χ0v) is 26.4. The lowest BCUT2D eigenvalue weighted by molar-refractivity contribution is -0.139. The zero-order valence-electron chi connectivity index (χ0n) is 26.4. The Bertz CT molecular complexity index is 1690. The molecule has 46 heavy (non-hydrogen) atoms. The van der Waals surface area contributed by atoms with Gasteiger partial charge in [0, 0.05) is 37.0 Å². The molecule has 0 aromatic heterocycles. The number of carbonyl (C=O) groups is 4. The lowest BCUT2D eigenvalue weighted by Gasteiger charge is -2.37. The number of ketones is 2. The first kappa shape index (κ1) is 31.6. The second-order valence-electron chi connectivity index (χ2n) is 13.2. The van der Waals surface area contributed by atoms with Gasteiger partial charge in [-0.15, -0.1) is 0 Å². The molecule has 0 spiro atoms. The summed E-state index contributed by atoms with van der Waals surface area (Å²) in [4.78, 5) is 55.1. The number of likely N-dealkylation sites (tertiary alicyclic amines) is 1. The van der Waals surface area contributed by atoms with Gasteiger partial charge in [-0.1, -0.05) is 66.7 Å². The highest BCUT2D eigenvalue weighted by molar-refractivity contribution is 6.36. The number of hydrogen-bond acceptors (Lipinski definition) is 6. The van der Waals surface area contributed by atoms with Crippen LogP contribution in [-0.2, 0) is 27.3 Å². The number of nitrogens with two attached hydrogens (primary N) is 2. The van der Waals surface area contributed by atoms with E-state index in [1.54, 1.807) is 18.0 Å². The first-order chi connectivity index (χ1) is 22.1. The number of likely N-dealkylation sites (N-methyl/N-ethyl adjacent to an activating group) is 1. The molecule has 3 aliphatic rings.